The van der Waals surface area contributed by atoms with Crippen LogP contribution in [-0.2, 0) is 4.74 Å². The van der Waals surface area contributed by atoms with Gasteiger partial charge in [-0.2, -0.15) is 0 Å². The molecule has 3 aliphatic rings. The van der Waals surface area contributed by atoms with E-state index in [9.17, 15) is 5.11 Å². The molecule has 1 saturated heterocycles. The van der Waals surface area contributed by atoms with Gasteiger partial charge < -0.3 is 9.84 Å². The van der Waals surface area contributed by atoms with Gasteiger partial charge in [0.15, 0.2) is 5.90 Å². The summed E-state index contributed by atoms with van der Waals surface area (Å²) in [5, 5.41) is 10.4. The first kappa shape index (κ1) is 14.3. The summed E-state index contributed by atoms with van der Waals surface area (Å²) in [6.45, 7) is 6.63. The molecule has 0 spiro atoms. The van der Waals surface area contributed by atoms with E-state index in [-0.39, 0.29) is 6.04 Å². The van der Waals surface area contributed by atoms with E-state index < -0.39 is 6.10 Å². The average Bonchev–Trinajstić information content (AvgIpc) is 2.86. The van der Waals surface area contributed by atoms with E-state index in [4.69, 9.17) is 4.74 Å². The first-order valence-electron chi connectivity index (χ1n) is 8.23. The van der Waals surface area contributed by atoms with Crippen molar-refractivity contribution in [1.82, 2.24) is 4.90 Å². The smallest absolute Gasteiger partial charge is 0.180 e. The Labute approximate surface area is 122 Å². The summed E-state index contributed by atoms with van der Waals surface area (Å²) in [5.74, 6) is 2.51. The van der Waals surface area contributed by atoms with Crippen LogP contribution in [0.25, 0.3) is 0 Å². The van der Waals surface area contributed by atoms with Crippen LogP contribution >= 0.6 is 0 Å². The number of ether oxygens (including phenoxy) is 1. The molecule has 1 saturated carbocycles. The molecular formula is C16H28N2O2. The van der Waals surface area contributed by atoms with Crippen molar-refractivity contribution in [3.05, 3.63) is 0 Å². The lowest BCUT2D eigenvalue weighted by Crippen LogP contribution is -2.51. The summed E-state index contributed by atoms with van der Waals surface area (Å²) >= 11 is 0. The number of likely N-dealkylation sites (tertiary alicyclic amines) is 1. The molecule has 0 bridgehead atoms. The van der Waals surface area contributed by atoms with Gasteiger partial charge in [-0.05, 0) is 31.6 Å². The number of fused-ring (bicyclic) bond motifs is 1. The molecule has 20 heavy (non-hydrogen) atoms. The summed E-state index contributed by atoms with van der Waals surface area (Å²) in [5.41, 5.74) is 0. The third-order valence-electron chi connectivity index (χ3n) is 5.48. The number of hydrogen-bond donors (Lipinski definition) is 1. The zero-order valence-electron chi connectivity index (χ0n) is 12.8. The van der Waals surface area contributed by atoms with Crippen LogP contribution in [0.15, 0.2) is 4.99 Å². The minimum Gasteiger partial charge on any atom is -0.479 e. The van der Waals surface area contributed by atoms with E-state index in [2.05, 4.69) is 16.8 Å². The van der Waals surface area contributed by atoms with Gasteiger partial charge in [0, 0.05) is 26.1 Å². The second-order valence-corrected chi connectivity index (χ2v) is 6.94. The number of piperidine rings is 1. The Morgan fingerprint density at radius 2 is 2.10 bits per heavy atom. The predicted molar refractivity (Wildman–Crippen MR) is 80.0 cm³/mol. The third-order valence-corrected chi connectivity index (χ3v) is 5.48. The van der Waals surface area contributed by atoms with Gasteiger partial charge in [-0.15, -0.1) is 0 Å². The van der Waals surface area contributed by atoms with Gasteiger partial charge in [-0.25, -0.2) is 4.99 Å². The molecule has 0 amide bonds. The summed E-state index contributed by atoms with van der Waals surface area (Å²) in [7, 11) is 0. The fourth-order valence-electron chi connectivity index (χ4n) is 4.23. The minimum atomic E-state index is -0.393. The summed E-state index contributed by atoms with van der Waals surface area (Å²) in [4.78, 5) is 6.86. The quantitative estimate of drug-likeness (QED) is 0.861. The molecule has 3 rings (SSSR count). The van der Waals surface area contributed by atoms with Crippen LogP contribution in [0.4, 0.5) is 0 Å². The molecule has 2 heterocycles. The fourth-order valence-corrected chi connectivity index (χ4v) is 4.23. The Morgan fingerprint density at radius 3 is 2.80 bits per heavy atom. The molecule has 0 aromatic rings. The van der Waals surface area contributed by atoms with Gasteiger partial charge >= 0.3 is 0 Å². The highest BCUT2D eigenvalue weighted by molar-refractivity contribution is 5.74. The summed E-state index contributed by atoms with van der Waals surface area (Å²) < 4.78 is 5.36. The molecule has 4 heteroatoms. The van der Waals surface area contributed by atoms with Crippen molar-refractivity contribution in [3.63, 3.8) is 0 Å². The maximum Gasteiger partial charge on any atom is 0.180 e. The van der Waals surface area contributed by atoms with E-state index in [1.165, 1.54) is 38.6 Å². The molecule has 1 N–H and O–H groups in total. The molecule has 2 aliphatic heterocycles. The van der Waals surface area contributed by atoms with Crippen LogP contribution in [0, 0.1) is 11.8 Å². The van der Waals surface area contributed by atoms with Crippen molar-refractivity contribution >= 4 is 5.90 Å². The van der Waals surface area contributed by atoms with E-state index >= 15 is 0 Å². The molecule has 5 atom stereocenters. The highest BCUT2D eigenvalue weighted by Crippen LogP contribution is 2.38. The van der Waals surface area contributed by atoms with Crippen LogP contribution in [0.5, 0.6) is 0 Å². The van der Waals surface area contributed by atoms with E-state index in [1.54, 1.807) is 0 Å². The van der Waals surface area contributed by atoms with Crippen molar-refractivity contribution in [2.75, 3.05) is 19.7 Å². The molecular weight excluding hydrogens is 252 g/mol. The Morgan fingerprint density at radius 1 is 1.35 bits per heavy atom. The van der Waals surface area contributed by atoms with E-state index in [0.717, 1.165) is 18.4 Å². The lowest BCUT2D eigenvalue weighted by molar-refractivity contribution is 0.00537. The molecule has 0 aromatic heterocycles. The largest absolute Gasteiger partial charge is 0.479 e. The normalized spacial score (nSPS) is 39.9. The number of aliphatic imine (C=N–C) groups is 1. The van der Waals surface area contributed by atoms with E-state index in [0.29, 0.717) is 18.5 Å². The SMILES string of the molecule is CC1=N[C@H]([C@H](O)CN2C[C@H]3CCCC[C@H]3C[C@H]2C)CO1. The van der Waals surface area contributed by atoms with Crippen molar-refractivity contribution in [1.29, 1.82) is 0 Å². The molecule has 1 aliphatic carbocycles. The topological polar surface area (TPSA) is 45.1 Å². The maximum absolute atomic E-state index is 10.4. The molecule has 0 aromatic carbocycles. The van der Waals surface area contributed by atoms with Crippen molar-refractivity contribution < 1.29 is 9.84 Å². The van der Waals surface area contributed by atoms with Gasteiger partial charge in [0.25, 0.3) is 0 Å². The lowest BCUT2D eigenvalue weighted by Gasteiger charge is -2.45. The molecule has 0 unspecified atom stereocenters. The molecule has 0 radical (unpaired) electrons. The first-order chi connectivity index (χ1) is 9.63. The number of hydrogen-bond acceptors (Lipinski definition) is 4. The number of nitrogens with zero attached hydrogens (tertiary/aromatic N) is 2. The van der Waals surface area contributed by atoms with Crippen LogP contribution < -0.4 is 0 Å². The highest BCUT2D eigenvalue weighted by Gasteiger charge is 2.36. The second kappa shape index (κ2) is 6.02. The monoisotopic (exact) mass is 280 g/mol. The van der Waals surface area contributed by atoms with Gasteiger partial charge in [0.1, 0.15) is 12.6 Å². The second-order valence-electron chi connectivity index (χ2n) is 6.94. The molecule has 2 fully saturated rings. The summed E-state index contributed by atoms with van der Waals surface area (Å²) in [6, 6.07) is 0.530. The Balaban J connectivity index is 1.56. The van der Waals surface area contributed by atoms with Gasteiger partial charge in [0.2, 0.25) is 0 Å². The molecule has 114 valence electrons. The third kappa shape index (κ3) is 3.01. The van der Waals surface area contributed by atoms with Gasteiger partial charge in [0.05, 0.1) is 6.10 Å². The first-order valence-corrected chi connectivity index (χ1v) is 8.23. The van der Waals surface area contributed by atoms with Crippen LogP contribution in [0.1, 0.15) is 46.0 Å². The minimum absolute atomic E-state index is 0.0636. The Bertz CT molecular complexity index is 371. The molecule has 4 nitrogen and oxygen atoms in total. The highest BCUT2D eigenvalue weighted by atomic mass is 16.5. The van der Waals surface area contributed by atoms with Gasteiger partial charge in [-0.3, -0.25) is 4.90 Å². The fraction of sp³-hybridized carbons (Fsp3) is 0.938. The maximum atomic E-state index is 10.4. The van der Waals surface area contributed by atoms with Crippen molar-refractivity contribution in [2.24, 2.45) is 16.8 Å². The van der Waals surface area contributed by atoms with Crippen LogP contribution in [0.2, 0.25) is 0 Å². The van der Waals surface area contributed by atoms with Crippen molar-refractivity contribution in [2.45, 2.75) is 64.1 Å². The van der Waals surface area contributed by atoms with E-state index in [1.807, 2.05) is 6.92 Å². The zero-order valence-corrected chi connectivity index (χ0v) is 12.8. The standard InChI is InChI=1S/C16H28N2O2/c1-11-7-13-5-3-4-6-14(13)8-18(11)9-16(19)15-10-20-12(2)17-15/h11,13-16,19H,3-10H2,1-2H3/t11-,13+,14-,15+,16-/m1/s1. The zero-order chi connectivity index (χ0) is 14.1. The van der Waals surface area contributed by atoms with Crippen LogP contribution in [0.3, 0.4) is 0 Å². The number of aliphatic hydroxyl groups is 1. The number of β-amino-alcohol motifs (C(OH)–C–C–N with tert-alkyl or cyclic N) is 1. The predicted octanol–water partition coefficient (Wildman–Crippen LogP) is 2.07. The lowest BCUT2D eigenvalue weighted by atomic mass is 9.73. The summed E-state index contributed by atoms with van der Waals surface area (Å²) in [6.07, 6.45) is 6.53. The van der Waals surface area contributed by atoms with Crippen LogP contribution in [-0.4, -0.2) is 53.8 Å². The number of rotatable bonds is 3. The number of aliphatic hydroxyl groups excluding tert-OH is 1. The van der Waals surface area contributed by atoms with Crippen molar-refractivity contribution in [3.8, 4) is 0 Å². The Kier molecular flexibility index (Phi) is 4.32. The van der Waals surface area contributed by atoms with Gasteiger partial charge in [-0.1, -0.05) is 19.3 Å². The Hall–Kier alpha value is -0.610. The average molecular weight is 280 g/mol.